The highest BCUT2D eigenvalue weighted by molar-refractivity contribution is 6.01. The van der Waals surface area contributed by atoms with E-state index in [1.165, 1.54) is 18.3 Å². The third kappa shape index (κ3) is 5.83. The molecule has 0 aliphatic carbocycles. The number of hydrogen-bond acceptors (Lipinski definition) is 6. The van der Waals surface area contributed by atoms with Gasteiger partial charge in [0.25, 0.3) is 0 Å². The highest BCUT2D eigenvalue weighted by Crippen LogP contribution is 2.28. The van der Waals surface area contributed by atoms with Crippen molar-refractivity contribution < 1.29 is 23.8 Å². The van der Waals surface area contributed by atoms with Gasteiger partial charge in [0.15, 0.2) is 11.5 Å². The molecule has 2 aromatic carbocycles. The van der Waals surface area contributed by atoms with Gasteiger partial charge in [-0.2, -0.15) is 0 Å². The Morgan fingerprint density at radius 3 is 2.48 bits per heavy atom. The molecule has 0 saturated carbocycles. The van der Waals surface area contributed by atoms with Crippen molar-refractivity contribution in [3.63, 3.8) is 0 Å². The molecule has 0 atom stereocenters. The van der Waals surface area contributed by atoms with Gasteiger partial charge in [-0.3, -0.25) is 9.59 Å². The molecule has 1 heterocycles. The Balaban J connectivity index is 1.60. The van der Waals surface area contributed by atoms with Crippen molar-refractivity contribution in [1.29, 1.82) is 0 Å². The zero-order chi connectivity index (χ0) is 22.2. The van der Waals surface area contributed by atoms with Gasteiger partial charge in [-0.15, -0.1) is 0 Å². The second kappa shape index (κ2) is 9.93. The van der Waals surface area contributed by atoms with Crippen LogP contribution < -0.4 is 25.3 Å². The van der Waals surface area contributed by atoms with Crippen LogP contribution in [0.5, 0.6) is 23.1 Å². The lowest BCUT2D eigenvalue weighted by atomic mass is 10.2. The Labute approximate surface area is 179 Å². The first kappa shape index (κ1) is 21.4. The first-order valence-electron chi connectivity index (χ1n) is 9.23. The van der Waals surface area contributed by atoms with Crippen molar-refractivity contribution in [1.82, 2.24) is 4.98 Å². The number of ether oxygens (including phenoxy) is 3. The Morgan fingerprint density at radius 1 is 1.00 bits per heavy atom. The number of primary amides is 1. The van der Waals surface area contributed by atoms with Crippen LogP contribution in [-0.4, -0.2) is 31.0 Å². The zero-order valence-corrected chi connectivity index (χ0v) is 17.0. The Hall–Kier alpha value is -4.33. The number of rotatable bonds is 8. The summed E-state index contributed by atoms with van der Waals surface area (Å²) < 4.78 is 16.0. The minimum absolute atomic E-state index is 0.306. The van der Waals surface area contributed by atoms with E-state index in [0.29, 0.717) is 34.4 Å². The van der Waals surface area contributed by atoms with Crippen LogP contribution in [0.4, 0.5) is 5.69 Å². The fraction of sp³-hybridized carbons (Fsp3) is 0.0870. The number of hydrogen-bond donors (Lipinski definition) is 2. The Bertz CT molecular complexity index is 1110. The molecule has 3 rings (SSSR count). The van der Waals surface area contributed by atoms with E-state index >= 15 is 0 Å². The van der Waals surface area contributed by atoms with Crippen LogP contribution in [0.3, 0.4) is 0 Å². The topological polar surface area (TPSA) is 113 Å². The van der Waals surface area contributed by atoms with Crippen LogP contribution in [0, 0.1) is 0 Å². The van der Waals surface area contributed by atoms with Crippen molar-refractivity contribution in [3.8, 4) is 23.1 Å². The lowest BCUT2D eigenvalue weighted by molar-refractivity contribution is -0.111. The summed E-state index contributed by atoms with van der Waals surface area (Å²) in [5, 5.41) is 2.72. The predicted octanol–water partition coefficient (Wildman–Crippen LogP) is 3.64. The summed E-state index contributed by atoms with van der Waals surface area (Å²) in [6, 6.07) is 15.1. The quantitative estimate of drug-likeness (QED) is 0.539. The lowest BCUT2D eigenvalue weighted by Crippen LogP contribution is -2.10. The molecule has 8 nitrogen and oxygen atoms in total. The van der Waals surface area contributed by atoms with Crippen molar-refractivity contribution in [3.05, 3.63) is 78.0 Å². The number of amides is 2. The van der Waals surface area contributed by atoms with Gasteiger partial charge in [-0.05, 0) is 48.0 Å². The average molecular weight is 419 g/mol. The predicted molar refractivity (Wildman–Crippen MR) is 116 cm³/mol. The number of benzene rings is 2. The third-order valence-electron chi connectivity index (χ3n) is 4.18. The minimum atomic E-state index is -0.544. The van der Waals surface area contributed by atoms with Gasteiger partial charge in [-0.25, -0.2) is 4.98 Å². The summed E-state index contributed by atoms with van der Waals surface area (Å²) in [6.07, 6.45) is 4.53. The monoisotopic (exact) mass is 419 g/mol. The van der Waals surface area contributed by atoms with Crippen molar-refractivity contribution in [2.75, 3.05) is 19.5 Å². The molecule has 158 valence electrons. The summed E-state index contributed by atoms with van der Waals surface area (Å²) in [5.41, 5.74) is 6.88. The van der Waals surface area contributed by atoms with Gasteiger partial charge in [-0.1, -0.05) is 12.1 Å². The number of carbonyl (C=O) groups excluding carboxylic acids is 2. The SMILES string of the molecule is COc1ccc(C=CC(=O)Nc2ccc(Oc3cccc(C(N)=O)c3)nc2)cc1OC. The van der Waals surface area contributed by atoms with E-state index < -0.39 is 5.91 Å². The molecule has 0 radical (unpaired) electrons. The van der Waals surface area contributed by atoms with Crippen LogP contribution in [-0.2, 0) is 4.79 Å². The maximum Gasteiger partial charge on any atom is 0.248 e. The number of pyridine rings is 1. The van der Waals surface area contributed by atoms with Gasteiger partial charge in [0, 0.05) is 17.7 Å². The zero-order valence-electron chi connectivity index (χ0n) is 17.0. The average Bonchev–Trinajstić information content (AvgIpc) is 2.79. The second-order valence-corrected chi connectivity index (χ2v) is 6.32. The van der Waals surface area contributed by atoms with Gasteiger partial charge in [0.1, 0.15) is 5.75 Å². The highest BCUT2D eigenvalue weighted by atomic mass is 16.5. The minimum Gasteiger partial charge on any atom is -0.493 e. The Kier molecular flexibility index (Phi) is 6.85. The fourth-order valence-electron chi connectivity index (χ4n) is 2.66. The molecule has 0 aliphatic rings. The van der Waals surface area contributed by atoms with Crippen LogP contribution in [0.1, 0.15) is 15.9 Å². The summed E-state index contributed by atoms with van der Waals surface area (Å²) >= 11 is 0. The number of nitrogens with one attached hydrogen (secondary N) is 1. The van der Waals surface area contributed by atoms with E-state index in [9.17, 15) is 9.59 Å². The first-order valence-corrected chi connectivity index (χ1v) is 9.23. The number of nitrogens with two attached hydrogens (primary N) is 1. The number of carbonyl (C=O) groups is 2. The number of nitrogens with zero attached hydrogens (tertiary/aromatic N) is 1. The summed E-state index contributed by atoms with van der Waals surface area (Å²) in [5.74, 6) is 1.06. The van der Waals surface area contributed by atoms with E-state index in [1.807, 2.05) is 6.07 Å². The molecule has 0 fully saturated rings. The molecule has 31 heavy (non-hydrogen) atoms. The van der Waals surface area contributed by atoms with Crippen LogP contribution in [0.2, 0.25) is 0 Å². The molecule has 3 N–H and O–H groups in total. The smallest absolute Gasteiger partial charge is 0.248 e. The largest absolute Gasteiger partial charge is 0.493 e. The molecule has 2 amide bonds. The highest BCUT2D eigenvalue weighted by Gasteiger charge is 2.06. The maximum absolute atomic E-state index is 12.2. The van der Waals surface area contributed by atoms with Crippen LogP contribution in [0.15, 0.2) is 66.9 Å². The lowest BCUT2D eigenvalue weighted by Gasteiger charge is -2.08. The Morgan fingerprint density at radius 2 is 1.81 bits per heavy atom. The normalized spacial score (nSPS) is 10.5. The molecule has 0 spiro atoms. The van der Waals surface area contributed by atoms with Gasteiger partial charge in [0.2, 0.25) is 17.7 Å². The molecular formula is C23H21N3O5. The molecule has 3 aromatic rings. The third-order valence-corrected chi connectivity index (χ3v) is 4.18. The maximum atomic E-state index is 12.2. The van der Waals surface area contributed by atoms with E-state index in [4.69, 9.17) is 19.9 Å². The molecule has 0 bridgehead atoms. The second-order valence-electron chi connectivity index (χ2n) is 6.32. The molecule has 8 heteroatoms. The van der Waals surface area contributed by atoms with Crippen LogP contribution >= 0.6 is 0 Å². The molecule has 0 unspecified atom stereocenters. The van der Waals surface area contributed by atoms with Crippen molar-refractivity contribution >= 4 is 23.6 Å². The first-order chi connectivity index (χ1) is 15.0. The molecular weight excluding hydrogens is 398 g/mol. The molecule has 1 aromatic heterocycles. The fourth-order valence-corrected chi connectivity index (χ4v) is 2.66. The molecule has 0 aliphatic heterocycles. The summed E-state index contributed by atoms with van der Waals surface area (Å²) in [4.78, 5) is 27.6. The number of aromatic nitrogens is 1. The van der Waals surface area contributed by atoms with Crippen LogP contribution in [0.25, 0.3) is 6.08 Å². The van der Waals surface area contributed by atoms with Gasteiger partial charge >= 0.3 is 0 Å². The summed E-state index contributed by atoms with van der Waals surface area (Å²) in [7, 11) is 3.11. The number of methoxy groups -OCH3 is 2. The van der Waals surface area contributed by atoms with E-state index in [1.54, 1.807) is 62.8 Å². The van der Waals surface area contributed by atoms with Crippen molar-refractivity contribution in [2.24, 2.45) is 5.73 Å². The molecule has 0 saturated heterocycles. The van der Waals surface area contributed by atoms with E-state index in [0.717, 1.165) is 5.56 Å². The van der Waals surface area contributed by atoms with Gasteiger partial charge < -0.3 is 25.3 Å². The van der Waals surface area contributed by atoms with E-state index in [-0.39, 0.29) is 5.91 Å². The standard InChI is InChI=1S/C23H21N3O5/c1-29-19-9-6-15(12-20(19)30-2)7-10-21(27)26-17-8-11-22(25-14-17)31-18-5-3-4-16(13-18)23(24)28/h3-14H,1-2H3,(H2,24,28)(H,26,27). The number of anilines is 1. The van der Waals surface area contributed by atoms with E-state index in [2.05, 4.69) is 10.3 Å². The van der Waals surface area contributed by atoms with Crippen molar-refractivity contribution in [2.45, 2.75) is 0 Å². The van der Waals surface area contributed by atoms with Gasteiger partial charge in [0.05, 0.1) is 26.1 Å². The summed E-state index contributed by atoms with van der Waals surface area (Å²) in [6.45, 7) is 0.